The van der Waals surface area contributed by atoms with E-state index in [2.05, 4.69) is 36.0 Å². The molecule has 2 aromatic carbocycles. The zero-order valence-electron chi connectivity index (χ0n) is 18.1. The molecule has 0 aliphatic heterocycles. The summed E-state index contributed by atoms with van der Waals surface area (Å²) in [7, 11) is 0. The van der Waals surface area contributed by atoms with Gasteiger partial charge in [-0.25, -0.2) is 4.98 Å². The van der Waals surface area contributed by atoms with Crippen molar-refractivity contribution in [3.8, 4) is 0 Å². The van der Waals surface area contributed by atoms with E-state index in [1.165, 1.54) is 6.92 Å². The number of nitrogens with zero attached hydrogens (tertiary/aromatic N) is 3. The second kappa shape index (κ2) is 8.19. The molecule has 5 rings (SSSR count). The third kappa shape index (κ3) is 4.16. The summed E-state index contributed by atoms with van der Waals surface area (Å²) in [5, 5.41) is 17.8. The molecule has 0 fully saturated rings. The number of pyridine rings is 1. The van der Waals surface area contributed by atoms with E-state index >= 15 is 0 Å². The molecular formula is C24H21N7O2. The minimum Gasteiger partial charge on any atom is -0.380 e. The van der Waals surface area contributed by atoms with Crippen LogP contribution in [0.25, 0.3) is 22.1 Å². The number of amides is 1. The van der Waals surface area contributed by atoms with Crippen molar-refractivity contribution in [3.63, 3.8) is 0 Å². The number of nitrogens with one attached hydrogen (secondary N) is 4. The first-order valence-electron chi connectivity index (χ1n) is 10.4. The number of H-pyrrole nitrogens is 2. The highest BCUT2D eigenvalue weighted by Gasteiger charge is 2.11. The third-order valence-corrected chi connectivity index (χ3v) is 5.52. The average molecular weight is 439 g/mol. The Morgan fingerprint density at radius 3 is 2.67 bits per heavy atom. The lowest BCUT2D eigenvalue weighted by Crippen LogP contribution is -2.12. The molecule has 0 unspecified atom stereocenters. The maximum absolute atomic E-state index is 12.7. The summed E-state index contributed by atoms with van der Waals surface area (Å²) in [6, 6.07) is 14.7. The minimum atomic E-state index is -0.217. The van der Waals surface area contributed by atoms with Crippen molar-refractivity contribution in [1.82, 2.24) is 25.4 Å². The molecule has 0 aliphatic rings. The Balaban J connectivity index is 1.30. The fourth-order valence-corrected chi connectivity index (χ4v) is 3.62. The Labute approximate surface area is 188 Å². The fraction of sp³-hybridized carbons (Fsp3) is 0.125. The van der Waals surface area contributed by atoms with Crippen LogP contribution in [-0.4, -0.2) is 37.1 Å². The molecule has 0 radical (unpaired) electrons. The Kier molecular flexibility index (Phi) is 5.06. The zero-order valence-corrected chi connectivity index (χ0v) is 18.1. The van der Waals surface area contributed by atoms with Gasteiger partial charge >= 0.3 is 0 Å². The van der Waals surface area contributed by atoms with Crippen LogP contribution in [0, 0.1) is 6.92 Å². The van der Waals surface area contributed by atoms with E-state index < -0.39 is 0 Å². The first-order chi connectivity index (χ1) is 16.0. The number of aromatic amines is 2. The summed E-state index contributed by atoms with van der Waals surface area (Å²) in [6.07, 6.45) is 1.73. The Bertz CT molecular complexity index is 1520. The molecule has 5 aromatic rings. The third-order valence-electron chi connectivity index (χ3n) is 5.52. The van der Waals surface area contributed by atoms with Gasteiger partial charge in [0.25, 0.3) is 5.91 Å². The molecule has 3 heterocycles. The number of hydrogen-bond donors (Lipinski definition) is 4. The van der Waals surface area contributed by atoms with E-state index in [1.54, 1.807) is 30.5 Å². The molecule has 9 heteroatoms. The van der Waals surface area contributed by atoms with Crippen LogP contribution in [0.4, 0.5) is 11.4 Å². The smallest absolute Gasteiger partial charge is 0.255 e. The lowest BCUT2D eigenvalue weighted by molar-refractivity contribution is 0.101. The van der Waals surface area contributed by atoms with Crippen LogP contribution in [0.5, 0.6) is 0 Å². The number of rotatable bonds is 6. The molecule has 9 nitrogen and oxygen atoms in total. The molecular weight excluding hydrogens is 418 g/mol. The first kappa shape index (κ1) is 20.4. The molecule has 0 saturated heterocycles. The lowest BCUT2D eigenvalue weighted by atomic mass is 10.1. The number of fused-ring (bicyclic) bond motifs is 2. The fourth-order valence-electron chi connectivity index (χ4n) is 3.62. The van der Waals surface area contributed by atoms with Crippen LogP contribution in [-0.2, 0) is 6.54 Å². The number of ketones is 1. The number of Topliss-reactive ketones (excluding diaryl/α,β-unsaturated/α-hetero) is 1. The maximum Gasteiger partial charge on any atom is 0.255 e. The summed E-state index contributed by atoms with van der Waals surface area (Å²) < 4.78 is 0. The SMILES string of the molecule is CC(=O)c1cc2cc(NCc3cc(NC(=O)c4ccc5n[nH]nc5c4)ccc3C)cnc2[nH]1. The molecule has 1 amide bonds. The Hall–Kier alpha value is -4.53. The van der Waals surface area contributed by atoms with Crippen molar-refractivity contribution in [3.05, 3.63) is 77.1 Å². The van der Waals surface area contributed by atoms with Crippen LogP contribution in [0.2, 0.25) is 0 Å². The Morgan fingerprint density at radius 2 is 1.82 bits per heavy atom. The molecule has 0 bridgehead atoms. The number of benzene rings is 2. The van der Waals surface area contributed by atoms with Crippen molar-refractivity contribution in [1.29, 1.82) is 0 Å². The van der Waals surface area contributed by atoms with Crippen molar-refractivity contribution in [2.24, 2.45) is 0 Å². The van der Waals surface area contributed by atoms with Gasteiger partial charge in [0.05, 0.1) is 17.6 Å². The standard InChI is InChI=1S/C24H21N7O2/c1-13-3-5-18(27-24(33)15-4-6-20-22(9-15)30-31-29-20)8-17(13)11-25-19-7-16-10-21(14(2)32)28-23(16)26-12-19/h3-10,12,25H,11H2,1-2H3,(H,26,28)(H,27,33)(H,29,30,31). The summed E-state index contributed by atoms with van der Waals surface area (Å²) >= 11 is 0. The van der Waals surface area contributed by atoms with Gasteiger partial charge in [-0.3, -0.25) is 9.59 Å². The normalized spacial score (nSPS) is 11.1. The van der Waals surface area contributed by atoms with Crippen molar-refractivity contribution in [2.45, 2.75) is 20.4 Å². The number of aromatic nitrogens is 5. The molecule has 0 aliphatic carbocycles. The van der Waals surface area contributed by atoms with Crippen molar-refractivity contribution in [2.75, 3.05) is 10.6 Å². The molecule has 0 saturated carbocycles. The van der Waals surface area contributed by atoms with Crippen LogP contribution in [0.15, 0.2) is 54.7 Å². The monoisotopic (exact) mass is 439 g/mol. The Morgan fingerprint density at radius 1 is 0.970 bits per heavy atom. The summed E-state index contributed by atoms with van der Waals surface area (Å²) in [5.41, 5.74) is 6.75. The van der Waals surface area contributed by atoms with E-state index in [1.807, 2.05) is 31.2 Å². The number of anilines is 2. The van der Waals surface area contributed by atoms with Gasteiger partial charge in [0, 0.05) is 30.1 Å². The van der Waals surface area contributed by atoms with Gasteiger partial charge in [0.2, 0.25) is 0 Å². The van der Waals surface area contributed by atoms with Crippen LogP contribution >= 0.6 is 0 Å². The van der Waals surface area contributed by atoms with Crippen LogP contribution in [0.3, 0.4) is 0 Å². The molecule has 4 N–H and O–H groups in total. The topological polar surface area (TPSA) is 128 Å². The quantitative estimate of drug-likeness (QED) is 0.293. The van der Waals surface area contributed by atoms with E-state index in [9.17, 15) is 9.59 Å². The number of hydrogen-bond acceptors (Lipinski definition) is 6. The highest BCUT2D eigenvalue weighted by molar-refractivity contribution is 6.06. The summed E-state index contributed by atoms with van der Waals surface area (Å²) in [5.74, 6) is -0.246. The van der Waals surface area contributed by atoms with Gasteiger partial charge in [-0.1, -0.05) is 6.07 Å². The van der Waals surface area contributed by atoms with Gasteiger partial charge in [-0.05, 0) is 60.5 Å². The number of carbonyl (C=O) groups is 2. The first-order valence-corrected chi connectivity index (χ1v) is 10.4. The second-order valence-electron chi connectivity index (χ2n) is 7.88. The summed E-state index contributed by atoms with van der Waals surface area (Å²) in [6.45, 7) is 4.09. The van der Waals surface area contributed by atoms with Gasteiger partial charge < -0.3 is 15.6 Å². The molecule has 33 heavy (non-hydrogen) atoms. The molecule has 0 spiro atoms. The predicted molar refractivity (Wildman–Crippen MR) is 126 cm³/mol. The number of aryl methyl sites for hydroxylation is 1. The van der Waals surface area contributed by atoms with E-state index in [4.69, 9.17) is 0 Å². The van der Waals surface area contributed by atoms with E-state index in [-0.39, 0.29) is 11.7 Å². The van der Waals surface area contributed by atoms with Crippen LogP contribution < -0.4 is 10.6 Å². The van der Waals surface area contributed by atoms with Crippen LogP contribution in [0.1, 0.15) is 38.9 Å². The maximum atomic E-state index is 12.7. The largest absolute Gasteiger partial charge is 0.380 e. The average Bonchev–Trinajstić information content (AvgIpc) is 3.45. The van der Waals surface area contributed by atoms with E-state index in [0.717, 1.165) is 22.2 Å². The minimum absolute atomic E-state index is 0.0297. The van der Waals surface area contributed by atoms with Gasteiger partial charge in [-0.15, -0.1) is 0 Å². The highest BCUT2D eigenvalue weighted by Crippen LogP contribution is 2.21. The predicted octanol–water partition coefficient (Wildman–Crippen LogP) is 4.21. The second-order valence-corrected chi connectivity index (χ2v) is 7.88. The van der Waals surface area contributed by atoms with E-state index in [0.29, 0.717) is 40.2 Å². The lowest BCUT2D eigenvalue weighted by Gasteiger charge is -2.12. The van der Waals surface area contributed by atoms with Gasteiger partial charge in [0.15, 0.2) is 5.78 Å². The van der Waals surface area contributed by atoms with Gasteiger partial charge in [0.1, 0.15) is 16.7 Å². The molecule has 164 valence electrons. The van der Waals surface area contributed by atoms with Crippen molar-refractivity contribution >= 4 is 45.1 Å². The molecule has 0 atom stereocenters. The summed E-state index contributed by atoms with van der Waals surface area (Å²) in [4.78, 5) is 31.7. The van der Waals surface area contributed by atoms with Gasteiger partial charge in [-0.2, -0.15) is 15.4 Å². The molecule has 3 aromatic heterocycles. The highest BCUT2D eigenvalue weighted by atomic mass is 16.1. The number of carbonyl (C=O) groups excluding carboxylic acids is 2. The zero-order chi connectivity index (χ0) is 22.9. The van der Waals surface area contributed by atoms with Crippen molar-refractivity contribution < 1.29 is 9.59 Å².